The Labute approximate surface area is 114 Å². The molecular weight excluding hydrogens is 300 g/mol. The van der Waals surface area contributed by atoms with Crippen molar-refractivity contribution in [1.29, 1.82) is 0 Å². The maximum absolute atomic E-state index is 12.0. The molecule has 0 aliphatic heterocycles. The highest BCUT2D eigenvalue weighted by molar-refractivity contribution is 9.10. The van der Waals surface area contributed by atoms with Gasteiger partial charge in [0.05, 0.1) is 0 Å². The SMILES string of the molecule is CC(C)(C)OC(=O)C(OC=O)c1ccccc1Br. The average molecular weight is 315 g/mol. The van der Waals surface area contributed by atoms with E-state index in [1.165, 1.54) is 0 Å². The molecular formula is C13H15BrO4. The maximum Gasteiger partial charge on any atom is 0.352 e. The van der Waals surface area contributed by atoms with Gasteiger partial charge in [-0.2, -0.15) is 0 Å². The predicted octanol–water partition coefficient (Wildman–Crippen LogP) is 3.00. The average Bonchev–Trinajstić information content (AvgIpc) is 2.24. The third kappa shape index (κ3) is 4.14. The molecule has 1 atom stereocenters. The molecule has 98 valence electrons. The van der Waals surface area contributed by atoms with Gasteiger partial charge in [0.2, 0.25) is 6.10 Å². The van der Waals surface area contributed by atoms with E-state index in [-0.39, 0.29) is 6.47 Å². The first-order valence-electron chi connectivity index (χ1n) is 5.41. The van der Waals surface area contributed by atoms with Crippen LogP contribution in [0.2, 0.25) is 0 Å². The number of esters is 1. The number of benzene rings is 1. The fourth-order valence-electron chi connectivity index (χ4n) is 1.35. The van der Waals surface area contributed by atoms with Gasteiger partial charge in [-0.3, -0.25) is 4.79 Å². The molecule has 0 saturated heterocycles. The van der Waals surface area contributed by atoms with Gasteiger partial charge in [0.1, 0.15) is 5.60 Å². The largest absolute Gasteiger partial charge is 0.457 e. The normalized spacial score (nSPS) is 12.7. The summed E-state index contributed by atoms with van der Waals surface area (Å²) < 4.78 is 10.7. The van der Waals surface area contributed by atoms with Crippen LogP contribution in [0.1, 0.15) is 32.4 Å². The summed E-state index contributed by atoms with van der Waals surface area (Å²) in [4.78, 5) is 22.5. The van der Waals surface area contributed by atoms with Crippen molar-refractivity contribution in [3.8, 4) is 0 Å². The minimum absolute atomic E-state index is 0.244. The Balaban J connectivity index is 3.00. The van der Waals surface area contributed by atoms with Crippen molar-refractivity contribution >= 4 is 28.4 Å². The molecule has 0 aliphatic rings. The second-order valence-electron chi connectivity index (χ2n) is 4.67. The van der Waals surface area contributed by atoms with Crippen LogP contribution in [0.5, 0.6) is 0 Å². The van der Waals surface area contributed by atoms with Gasteiger partial charge in [0.15, 0.2) is 0 Å². The molecule has 0 saturated carbocycles. The Hall–Kier alpha value is -1.36. The third-order valence-corrected chi connectivity index (χ3v) is 2.72. The zero-order valence-corrected chi connectivity index (χ0v) is 12.1. The number of rotatable bonds is 4. The molecule has 0 radical (unpaired) electrons. The molecule has 0 bridgehead atoms. The Morgan fingerprint density at radius 2 is 1.94 bits per heavy atom. The number of halogens is 1. The molecule has 0 N–H and O–H groups in total. The van der Waals surface area contributed by atoms with E-state index in [1.807, 2.05) is 0 Å². The van der Waals surface area contributed by atoms with E-state index in [0.29, 0.717) is 10.0 Å². The highest BCUT2D eigenvalue weighted by atomic mass is 79.9. The molecule has 0 heterocycles. The van der Waals surface area contributed by atoms with Crippen LogP contribution >= 0.6 is 15.9 Å². The summed E-state index contributed by atoms with van der Waals surface area (Å²) in [5.74, 6) is -0.596. The van der Waals surface area contributed by atoms with Crippen molar-refractivity contribution in [3.05, 3.63) is 34.3 Å². The summed E-state index contributed by atoms with van der Waals surface area (Å²) in [5, 5.41) is 0. The van der Waals surface area contributed by atoms with Crippen LogP contribution in [0.15, 0.2) is 28.7 Å². The summed E-state index contributed by atoms with van der Waals surface area (Å²) in [6, 6.07) is 7.02. The molecule has 0 aliphatic carbocycles. The quantitative estimate of drug-likeness (QED) is 0.633. The van der Waals surface area contributed by atoms with Gasteiger partial charge in [-0.1, -0.05) is 34.1 Å². The minimum atomic E-state index is -1.06. The zero-order valence-electron chi connectivity index (χ0n) is 10.5. The lowest BCUT2D eigenvalue weighted by atomic mass is 10.1. The zero-order chi connectivity index (χ0) is 13.8. The lowest BCUT2D eigenvalue weighted by Crippen LogP contribution is -2.29. The molecule has 0 spiro atoms. The van der Waals surface area contributed by atoms with Crippen LogP contribution in [-0.2, 0) is 19.1 Å². The number of hydrogen-bond donors (Lipinski definition) is 0. The number of hydrogen-bond acceptors (Lipinski definition) is 4. The fourth-order valence-corrected chi connectivity index (χ4v) is 1.85. The second-order valence-corrected chi connectivity index (χ2v) is 5.52. The van der Waals surface area contributed by atoms with E-state index >= 15 is 0 Å². The van der Waals surface area contributed by atoms with Crippen LogP contribution < -0.4 is 0 Å². The van der Waals surface area contributed by atoms with Crippen molar-refractivity contribution in [2.75, 3.05) is 0 Å². The number of carbonyl (C=O) groups is 2. The highest BCUT2D eigenvalue weighted by Crippen LogP contribution is 2.27. The van der Waals surface area contributed by atoms with Crippen molar-refractivity contribution in [1.82, 2.24) is 0 Å². The monoisotopic (exact) mass is 314 g/mol. The summed E-state index contributed by atoms with van der Waals surface area (Å²) >= 11 is 3.31. The van der Waals surface area contributed by atoms with Crippen LogP contribution in [0.25, 0.3) is 0 Å². The molecule has 4 nitrogen and oxygen atoms in total. The van der Waals surface area contributed by atoms with E-state index in [2.05, 4.69) is 15.9 Å². The Bertz CT molecular complexity index is 437. The molecule has 18 heavy (non-hydrogen) atoms. The molecule has 1 rings (SSSR count). The smallest absolute Gasteiger partial charge is 0.352 e. The van der Waals surface area contributed by atoms with Gasteiger partial charge in [0, 0.05) is 10.0 Å². The summed E-state index contributed by atoms with van der Waals surface area (Å²) in [6.07, 6.45) is -1.06. The van der Waals surface area contributed by atoms with Crippen LogP contribution in [0, 0.1) is 0 Å². The number of carbonyl (C=O) groups excluding carboxylic acids is 2. The number of ether oxygens (including phenoxy) is 2. The van der Waals surface area contributed by atoms with Gasteiger partial charge < -0.3 is 9.47 Å². The standard InChI is InChI=1S/C13H15BrO4/c1-13(2,3)18-12(16)11(17-8-15)9-6-4-5-7-10(9)14/h4-8,11H,1-3H3. The Morgan fingerprint density at radius 3 is 2.44 bits per heavy atom. The maximum atomic E-state index is 12.0. The minimum Gasteiger partial charge on any atom is -0.457 e. The van der Waals surface area contributed by atoms with E-state index in [0.717, 1.165) is 0 Å². The topological polar surface area (TPSA) is 52.6 Å². The first-order chi connectivity index (χ1) is 8.35. The molecule has 1 aromatic carbocycles. The molecule has 1 aromatic rings. The van der Waals surface area contributed by atoms with Gasteiger partial charge in [-0.15, -0.1) is 0 Å². The van der Waals surface area contributed by atoms with E-state index in [9.17, 15) is 9.59 Å². The molecule has 1 unspecified atom stereocenters. The molecule has 0 aromatic heterocycles. The predicted molar refractivity (Wildman–Crippen MR) is 69.9 cm³/mol. The Morgan fingerprint density at radius 1 is 1.33 bits per heavy atom. The van der Waals surface area contributed by atoms with E-state index in [1.54, 1.807) is 45.0 Å². The van der Waals surface area contributed by atoms with Gasteiger partial charge in [0.25, 0.3) is 6.47 Å². The van der Waals surface area contributed by atoms with Gasteiger partial charge in [-0.05, 0) is 26.8 Å². The summed E-state index contributed by atoms with van der Waals surface area (Å²) in [7, 11) is 0. The van der Waals surface area contributed by atoms with Crippen LogP contribution in [-0.4, -0.2) is 18.0 Å². The fraction of sp³-hybridized carbons (Fsp3) is 0.385. The highest BCUT2D eigenvalue weighted by Gasteiger charge is 2.29. The van der Waals surface area contributed by atoms with Gasteiger partial charge in [-0.25, -0.2) is 4.79 Å². The first-order valence-corrected chi connectivity index (χ1v) is 6.21. The van der Waals surface area contributed by atoms with E-state index < -0.39 is 17.7 Å². The third-order valence-electron chi connectivity index (χ3n) is 2.00. The Kier molecular flexibility index (Phi) is 4.90. The van der Waals surface area contributed by atoms with Crippen molar-refractivity contribution < 1.29 is 19.1 Å². The van der Waals surface area contributed by atoms with Gasteiger partial charge >= 0.3 is 5.97 Å². The van der Waals surface area contributed by atoms with Crippen molar-refractivity contribution in [2.24, 2.45) is 0 Å². The molecule has 5 heteroatoms. The lowest BCUT2D eigenvalue weighted by Gasteiger charge is -2.23. The summed E-state index contributed by atoms with van der Waals surface area (Å²) in [5.41, 5.74) is -0.0816. The van der Waals surface area contributed by atoms with Crippen LogP contribution in [0.3, 0.4) is 0 Å². The summed E-state index contributed by atoms with van der Waals surface area (Å²) in [6.45, 7) is 5.50. The second kappa shape index (κ2) is 6.00. The van der Waals surface area contributed by atoms with Crippen molar-refractivity contribution in [2.45, 2.75) is 32.5 Å². The first kappa shape index (κ1) is 14.7. The van der Waals surface area contributed by atoms with E-state index in [4.69, 9.17) is 9.47 Å². The van der Waals surface area contributed by atoms with Crippen molar-refractivity contribution in [3.63, 3.8) is 0 Å². The molecule has 0 amide bonds. The molecule has 0 fully saturated rings. The van der Waals surface area contributed by atoms with Crippen LogP contribution in [0.4, 0.5) is 0 Å². The lowest BCUT2D eigenvalue weighted by molar-refractivity contribution is -0.171.